The molecular formula is C18H31N3. The van der Waals surface area contributed by atoms with E-state index < -0.39 is 0 Å². The quantitative estimate of drug-likeness (QED) is 0.808. The molecule has 3 nitrogen and oxygen atoms in total. The maximum absolute atomic E-state index is 3.77. The van der Waals surface area contributed by atoms with E-state index in [2.05, 4.69) is 53.6 Å². The van der Waals surface area contributed by atoms with Crippen LogP contribution in [0.5, 0.6) is 0 Å². The number of nitrogens with one attached hydrogen (secondary N) is 2. The van der Waals surface area contributed by atoms with Crippen LogP contribution in [0.1, 0.15) is 44.2 Å². The van der Waals surface area contributed by atoms with Gasteiger partial charge in [-0.2, -0.15) is 0 Å². The van der Waals surface area contributed by atoms with Crippen molar-refractivity contribution >= 4 is 0 Å². The van der Waals surface area contributed by atoms with Gasteiger partial charge in [0, 0.05) is 19.1 Å². The van der Waals surface area contributed by atoms with Crippen molar-refractivity contribution in [1.82, 2.24) is 15.5 Å². The zero-order valence-electron chi connectivity index (χ0n) is 13.7. The Morgan fingerprint density at radius 1 is 1.10 bits per heavy atom. The first-order valence-electron chi connectivity index (χ1n) is 8.56. The summed E-state index contributed by atoms with van der Waals surface area (Å²) in [7, 11) is 0. The summed E-state index contributed by atoms with van der Waals surface area (Å²) in [5.41, 5.74) is 2.93. The van der Waals surface area contributed by atoms with Gasteiger partial charge >= 0.3 is 0 Å². The minimum atomic E-state index is 0.668. The molecule has 1 aromatic carbocycles. The Labute approximate surface area is 130 Å². The zero-order valence-corrected chi connectivity index (χ0v) is 13.7. The second kappa shape index (κ2) is 9.19. The molecule has 0 amide bonds. The van der Waals surface area contributed by atoms with E-state index in [1.165, 1.54) is 36.9 Å². The smallest absolute Gasteiger partial charge is 0.0236 e. The molecule has 1 aromatic rings. The lowest BCUT2D eigenvalue weighted by atomic mass is 10.0. The van der Waals surface area contributed by atoms with Gasteiger partial charge < -0.3 is 10.6 Å². The lowest BCUT2D eigenvalue weighted by Gasteiger charge is -2.21. The summed E-state index contributed by atoms with van der Waals surface area (Å²) in [6.45, 7) is 11.1. The number of hydrogen-bond donors (Lipinski definition) is 2. The predicted octanol–water partition coefficient (Wildman–Crippen LogP) is 2.76. The molecule has 0 spiro atoms. The number of rotatable bonds is 7. The van der Waals surface area contributed by atoms with Gasteiger partial charge in [-0.25, -0.2) is 0 Å². The highest BCUT2D eigenvalue weighted by Crippen LogP contribution is 2.13. The largest absolute Gasteiger partial charge is 0.317 e. The van der Waals surface area contributed by atoms with Crippen molar-refractivity contribution in [2.75, 3.05) is 26.2 Å². The maximum Gasteiger partial charge on any atom is 0.0236 e. The van der Waals surface area contributed by atoms with E-state index in [0.717, 1.165) is 32.7 Å². The molecule has 1 atom stereocenters. The van der Waals surface area contributed by atoms with Crippen LogP contribution >= 0.6 is 0 Å². The second-order valence-electron chi connectivity index (χ2n) is 5.99. The summed E-state index contributed by atoms with van der Waals surface area (Å²) >= 11 is 0. The van der Waals surface area contributed by atoms with Gasteiger partial charge in [0.25, 0.3) is 0 Å². The first-order valence-corrected chi connectivity index (χ1v) is 8.56. The zero-order chi connectivity index (χ0) is 14.9. The highest BCUT2D eigenvalue weighted by molar-refractivity contribution is 5.27. The molecular weight excluding hydrogens is 258 g/mol. The van der Waals surface area contributed by atoms with Gasteiger partial charge in [0.1, 0.15) is 0 Å². The van der Waals surface area contributed by atoms with Crippen molar-refractivity contribution in [2.45, 2.75) is 52.2 Å². The Morgan fingerprint density at radius 3 is 2.62 bits per heavy atom. The van der Waals surface area contributed by atoms with Gasteiger partial charge in [-0.1, -0.05) is 38.1 Å². The van der Waals surface area contributed by atoms with E-state index in [-0.39, 0.29) is 0 Å². The molecule has 1 aliphatic rings. The molecule has 0 saturated carbocycles. The van der Waals surface area contributed by atoms with Crippen LogP contribution in [0.4, 0.5) is 0 Å². The minimum absolute atomic E-state index is 0.668. The summed E-state index contributed by atoms with van der Waals surface area (Å²) < 4.78 is 0. The number of hydrogen-bond acceptors (Lipinski definition) is 3. The van der Waals surface area contributed by atoms with Crippen LogP contribution in [0.25, 0.3) is 0 Å². The van der Waals surface area contributed by atoms with Crippen molar-refractivity contribution < 1.29 is 0 Å². The molecule has 2 N–H and O–H groups in total. The SMILES string of the molecule is CCN(CC)Cc1ccccc1CNC1CCCNCC1. The Bertz CT molecular complexity index is 393. The van der Waals surface area contributed by atoms with Gasteiger partial charge in [-0.3, -0.25) is 4.90 Å². The third-order valence-corrected chi connectivity index (χ3v) is 4.56. The van der Waals surface area contributed by atoms with E-state index in [4.69, 9.17) is 0 Å². The fourth-order valence-electron chi connectivity index (χ4n) is 3.05. The average Bonchev–Trinajstić information content (AvgIpc) is 2.80. The predicted molar refractivity (Wildman–Crippen MR) is 90.4 cm³/mol. The topological polar surface area (TPSA) is 27.3 Å². The molecule has 1 fully saturated rings. The van der Waals surface area contributed by atoms with Crippen LogP contribution < -0.4 is 10.6 Å². The fourth-order valence-corrected chi connectivity index (χ4v) is 3.05. The van der Waals surface area contributed by atoms with Crippen molar-refractivity contribution in [3.8, 4) is 0 Å². The van der Waals surface area contributed by atoms with E-state index in [1.807, 2.05) is 0 Å². The fraction of sp³-hybridized carbons (Fsp3) is 0.667. The van der Waals surface area contributed by atoms with E-state index in [9.17, 15) is 0 Å². The first kappa shape index (κ1) is 16.5. The van der Waals surface area contributed by atoms with Crippen molar-refractivity contribution in [3.63, 3.8) is 0 Å². The molecule has 1 aliphatic heterocycles. The van der Waals surface area contributed by atoms with Gasteiger partial charge in [0.05, 0.1) is 0 Å². The molecule has 21 heavy (non-hydrogen) atoms. The Balaban J connectivity index is 1.92. The van der Waals surface area contributed by atoms with Crippen LogP contribution in [0.2, 0.25) is 0 Å². The summed E-state index contributed by atoms with van der Waals surface area (Å²) in [4.78, 5) is 2.48. The molecule has 0 aliphatic carbocycles. The molecule has 0 aromatic heterocycles. The minimum Gasteiger partial charge on any atom is -0.317 e. The average molecular weight is 289 g/mol. The second-order valence-corrected chi connectivity index (χ2v) is 5.99. The van der Waals surface area contributed by atoms with Crippen LogP contribution in [0, 0.1) is 0 Å². The molecule has 118 valence electrons. The number of nitrogens with zero attached hydrogens (tertiary/aromatic N) is 1. The van der Waals surface area contributed by atoms with Gasteiger partial charge in [0.15, 0.2) is 0 Å². The Kier molecular flexibility index (Phi) is 7.20. The van der Waals surface area contributed by atoms with E-state index in [0.29, 0.717) is 6.04 Å². The van der Waals surface area contributed by atoms with Crippen molar-refractivity contribution in [2.24, 2.45) is 0 Å². The molecule has 1 heterocycles. The lowest BCUT2D eigenvalue weighted by Crippen LogP contribution is -2.30. The molecule has 1 saturated heterocycles. The van der Waals surface area contributed by atoms with Crippen LogP contribution in [0.3, 0.4) is 0 Å². The Hall–Kier alpha value is -0.900. The first-order chi connectivity index (χ1) is 10.3. The van der Waals surface area contributed by atoms with Crippen LogP contribution in [0.15, 0.2) is 24.3 Å². The highest BCUT2D eigenvalue weighted by atomic mass is 15.1. The molecule has 1 unspecified atom stereocenters. The molecule has 3 heteroatoms. The van der Waals surface area contributed by atoms with E-state index in [1.54, 1.807) is 0 Å². The van der Waals surface area contributed by atoms with Gasteiger partial charge in [-0.15, -0.1) is 0 Å². The third-order valence-electron chi connectivity index (χ3n) is 4.56. The third kappa shape index (κ3) is 5.42. The maximum atomic E-state index is 3.77. The molecule has 0 bridgehead atoms. The normalized spacial score (nSPS) is 19.7. The van der Waals surface area contributed by atoms with Crippen molar-refractivity contribution in [1.29, 1.82) is 0 Å². The summed E-state index contributed by atoms with van der Waals surface area (Å²) in [5.74, 6) is 0. The Morgan fingerprint density at radius 2 is 1.86 bits per heavy atom. The molecule has 0 radical (unpaired) electrons. The van der Waals surface area contributed by atoms with Gasteiger partial charge in [0.2, 0.25) is 0 Å². The molecule has 2 rings (SSSR count). The van der Waals surface area contributed by atoms with E-state index >= 15 is 0 Å². The summed E-state index contributed by atoms with van der Waals surface area (Å²) in [5, 5.41) is 7.25. The summed E-state index contributed by atoms with van der Waals surface area (Å²) in [6.07, 6.45) is 3.84. The van der Waals surface area contributed by atoms with Gasteiger partial charge in [-0.05, 0) is 56.6 Å². The number of benzene rings is 1. The lowest BCUT2D eigenvalue weighted by molar-refractivity contribution is 0.294. The van der Waals surface area contributed by atoms with Crippen LogP contribution in [-0.4, -0.2) is 37.1 Å². The standard InChI is InChI=1S/C18H31N3/c1-3-21(4-2)15-17-9-6-5-8-16(17)14-20-18-10-7-12-19-13-11-18/h5-6,8-9,18-20H,3-4,7,10-15H2,1-2H3. The monoisotopic (exact) mass is 289 g/mol. The van der Waals surface area contributed by atoms with Crippen molar-refractivity contribution in [3.05, 3.63) is 35.4 Å². The van der Waals surface area contributed by atoms with Crippen LogP contribution in [-0.2, 0) is 13.1 Å². The highest BCUT2D eigenvalue weighted by Gasteiger charge is 2.12. The summed E-state index contributed by atoms with van der Waals surface area (Å²) in [6, 6.07) is 9.56.